The van der Waals surface area contributed by atoms with Gasteiger partial charge < -0.3 is 5.73 Å². The first kappa shape index (κ1) is 13.8. The van der Waals surface area contributed by atoms with Crippen LogP contribution in [-0.4, -0.2) is 0 Å². The number of azo groups is 1. The molecule has 0 aromatic heterocycles. The van der Waals surface area contributed by atoms with Gasteiger partial charge in [-0.1, -0.05) is 29.3 Å². The van der Waals surface area contributed by atoms with Gasteiger partial charge in [0.2, 0.25) is 0 Å². The Kier molecular flexibility index (Phi) is 4.08. The summed E-state index contributed by atoms with van der Waals surface area (Å²) in [7, 11) is 0. The van der Waals surface area contributed by atoms with E-state index in [4.69, 9.17) is 28.9 Å². The van der Waals surface area contributed by atoms with Gasteiger partial charge in [0, 0.05) is 10.7 Å². The van der Waals surface area contributed by atoms with Crippen LogP contribution in [0, 0.1) is 13.8 Å². The Morgan fingerprint density at radius 1 is 0.895 bits per heavy atom. The molecule has 5 heteroatoms. The molecule has 2 aromatic rings. The van der Waals surface area contributed by atoms with Crippen LogP contribution in [0.15, 0.2) is 40.6 Å². The maximum atomic E-state index is 6.08. The third-order valence-electron chi connectivity index (χ3n) is 2.77. The highest BCUT2D eigenvalue weighted by Gasteiger charge is 2.04. The molecule has 2 rings (SSSR count). The molecule has 0 fully saturated rings. The molecular weight excluding hydrogens is 281 g/mol. The lowest BCUT2D eigenvalue weighted by molar-refractivity contribution is 1.20. The second-order valence-electron chi connectivity index (χ2n) is 4.29. The van der Waals surface area contributed by atoms with Crippen LogP contribution in [0.3, 0.4) is 0 Å². The summed E-state index contributed by atoms with van der Waals surface area (Å²) in [6.45, 7) is 3.84. The second kappa shape index (κ2) is 5.59. The number of benzene rings is 2. The molecule has 0 amide bonds. The van der Waals surface area contributed by atoms with Crippen molar-refractivity contribution in [1.29, 1.82) is 0 Å². The van der Waals surface area contributed by atoms with Crippen molar-refractivity contribution in [2.45, 2.75) is 13.8 Å². The Hall–Kier alpha value is -1.58. The number of nitrogen functional groups attached to an aromatic ring is 1. The number of anilines is 1. The number of hydrogen-bond donors (Lipinski definition) is 1. The van der Waals surface area contributed by atoms with Crippen LogP contribution in [0.1, 0.15) is 11.1 Å². The predicted octanol–water partition coefficient (Wildman–Crippen LogP) is 5.61. The standard InChI is InChI=1S/C14H13Cl2N3/c1-8-3-4-10(15)6-13(8)18-19-14-5-9(2)12(17)7-11(14)16/h3-7H,17H2,1-2H3. The van der Waals surface area contributed by atoms with E-state index in [2.05, 4.69) is 10.2 Å². The maximum absolute atomic E-state index is 6.08. The summed E-state index contributed by atoms with van der Waals surface area (Å²) in [6, 6.07) is 8.96. The zero-order valence-electron chi connectivity index (χ0n) is 10.6. The van der Waals surface area contributed by atoms with E-state index in [-0.39, 0.29) is 0 Å². The zero-order valence-corrected chi connectivity index (χ0v) is 12.1. The van der Waals surface area contributed by atoms with Crippen molar-refractivity contribution in [2.75, 3.05) is 5.73 Å². The second-order valence-corrected chi connectivity index (χ2v) is 5.13. The molecule has 0 atom stereocenters. The maximum Gasteiger partial charge on any atom is 0.105 e. The molecule has 0 aliphatic heterocycles. The minimum Gasteiger partial charge on any atom is -0.398 e. The van der Waals surface area contributed by atoms with Crippen molar-refractivity contribution < 1.29 is 0 Å². The summed E-state index contributed by atoms with van der Waals surface area (Å²) in [6.07, 6.45) is 0. The fourth-order valence-corrected chi connectivity index (χ4v) is 1.93. The molecule has 0 unspecified atom stereocenters. The molecule has 2 N–H and O–H groups in total. The van der Waals surface area contributed by atoms with Gasteiger partial charge in [0.1, 0.15) is 5.69 Å². The lowest BCUT2D eigenvalue weighted by Gasteiger charge is -2.04. The molecule has 0 heterocycles. The van der Waals surface area contributed by atoms with Crippen LogP contribution >= 0.6 is 23.2 Å². The molecule has 98 valence electrons. The van der Waals surface area contributed by atoms with E-state index in [1.807, 2.05) is 26.0 Å². The Labute approximate surface area is 122 Å². The molecule has 0 bridgehead atoms. The van der Waals surface area contributed by atoms with Gasteiger partial charge in [-0.15, -0.1) is 5.11 Å². The van der Waals surface area contributed by atoms with Gasteiger partial charge in [0.05, 0.1) is 10.7 Å². The first-order chi connectivity index (χ1) is 8.97. The van der Waals surface area contributed by atoms with Crippen molar-refractivity contribution in [3.63, 3.8) is 0 Å². The van der Waals surface area contributed by atoms with E-state index < -0.39 is 0 Å². The first-order valence-electron chi connectivity index (χ1n) is 5.71. The Bertz CT molecular complexity index is 651. The van der Waals surface area contributed by atoms with E-state index in [9.17, 15) is 0 Å². The predicted molar refractivity (Wildman–Crippen MR) is 81.0 cm³/mol. The van der Waals surface area contributed by atoms with Gasteiger partial charge in [0.25, 0.3) is 0 Å². The topological polar surface area (TPSA) is 50.7 Å². The smallest absolute Gasteiger partial charge is 0.105 e. The lowest BCUT2D eigenvalue weighted by atomic mass is 10.2. The van der Waals surface area contributed by atoms with Gasteiger partial charge in [0.15, 0.2) is 0 Å². The molecule has 19 heavy (non-hydrogen) atoms. The van der Waals surface area contributed by atoms with Crippen molar-refractivity contribution in [3.05, 3.63) is 51.5 Å². The fourth-order valence-electron chi connectivity index (χ4n) is 1.56. The summed E-state index contributed by atoms with van der Waals surface area (Å²) in [5.74, 6) is 0. The Balaban J connectivity index is 2.38. The van der Waals surface area contributed by atoms with Crippen LogP contribution in [-0.2, 0) is 0 Å². The summed E-state index contributed by atoms with van der Waals surface area (Å²) in [5.41, 5.74) is 9.63. The average molecular weight is 294 g/mol. The minimum absolute atomic E-state index is 0.478. The Morgan fingerprint density at radius 3 is 2.32 bits per heavy atom. The molecule has 0 aliphatic rings. The molecule has 0 spiro atoms. The normalized spacial score (nSPS) is 11.2. The monoisotopic (exact) mass is 293 g/mol. The number of aryl methyl sites for hydroxylation is 2. The van der Waals surface area contributed by atoms with Crippen LogP contribution < -0.4 is 5.73 Å². The highest BCUT2D eigenvalue weighted by atomic mass is 35.5. The van der Waals surface area contributed by atoms with Crippen molar-refractivity contribution >= 4 is 40.3 Å². The summed E-state index contributed by atoms with van der Waals surface area (Å²) >= 11 is 12.0. The number of nitrogens with two attached hydrogens (primary N) is 1. The van der Waals surface area contributed by atoms with Gasteiger partial charge in [-0.05, 0) is 49.2 Å². The highest BCUT2D eigenvalue weighted by Crippen LogP contribution is 2.32. The van der Waals surface area contributed by atoms with Crippen LogP contribution in [0.4, 0.5) is 17.1 Å². The molecule has 0 aliphatic carbocycles. The van der Waals surface area contributed by atoms with Crippen LogP contribution in [0.2, 0.25) is 10.0 Å². The summed E-state index contributed by atoms with van der Waals surface area (Å²) in [4.78, 5) is 0. The van der Waals surface area contributed by atoms with Gasteiger partial charge in [-0.25, -0.2) is 0 Å². The molecule has 3 nitrogen and oxygen atoms in total. The lowest BCUT2D eigenvalue weighted by Crippen LogP contribution is -1.88. The van der Waals surface area contributed by atoms with E-state index in [1.54, 1.807) is 18.2 Å². The van der Waals surface area contributed by atoms with E-state index >= 15 is 0 Å². The highest BCUT2D eigenvalue weighted by molar-refractivity contribution is 6.33. The first-order valence-corrected chi connectivity index (χ1v) is 6.46. The van der Waals surface area contributed by atoms with Gasteiger partial charge in [-0.3, -0.25) is 0 Å². The van der Waals surface area contributed by atoms with Gasteiger partial charge >= 0.3 is 0 Å². The third-order valence-corrected chi connectivity index (χ3v) is 3.31. The quantitative estimate of drug-likeness (QED) is 0.568. The van der Waals surface area contributed by atoms with Crippen molar-refractivity contribution in [2.24, 2.45) is 10.2 Å². The van der Waals surface area contributed by atoms with E-state index in [0.29, 0.717) is 21.4 Å². The SMILES string of the molecule is Cc1cc(N=Nc2cc(Cl)ccc2C)c(Cl)cc1N. The average Bonchev–Trinajstić information content (AvgIpc) is 2.36. The van der Waals surface area contributed by atoms with Crippen LogP contribution in [0.25, 0.3) is 0 Å². The third kappa shape index (κ3) is 3.25. The van der Waals surface area contributed by atoms with Crippen molar-refractivity contribution in [1.82, 2.24) is 0 Å². The van der Waals surface area contributed by atoms with Crippen molar-refractivity contribution in [3.8, 4) is 0 Å². The Morgan fingerprint density at radius 2 is 1.58 bits per heavy atom. The number of nitrogens with zero attached hydrogens (tertiary/aromatic N) is 2. The van der Waals surface area contributed by atoms with Crippen LogP contribution in [0.5, 0.6) is 0 Å². The molecule has 0 saturated carbocycles. The molecule has 0 radical (unpaired) electrons. The summed E-state index contributed by atoms with van der Waals surface area (Å²) < 4.78 is 0. The largest absolute Gasteiger partial charge is 0.398 e. The molecule has 0 saturated heterocycles. The van der Waals surface area contributed by atoms with E-state index in [1.165, 1.54) is 0 Å². The number of hydrogen-bond acceptors (Lipinski definition) is 3. The molecular formula is C14H13Cl2N3. The number of rotatable bonds is 2. The molecule has 2 aromatic carbocycles. The minimum atomic E-state index is 0.478. The zero-order chi connectivity index (χ0) is 14.0. The fraction of sp³-hybridized carbons (Fsp3) is 0.143. The summed E-state index contributed by atoms with van der Waals surface area (Å²) in [5, 5.41) is 9.44. The number of halogens is 2. The van der Waals surface area contributed by atoms with Gasteiger partial charge in [-0.2, -0.15) is 5.11 Å². The van der Waals surface area contributed by atoms with E-state index in [0.717, 1.165) is 16.8 Å².